The van der Waals surface area contributed by atoms with Gasteiger partial charge in [0, 0.05) is 19.5 Å². The number of nitrogens with zero attached hydrogens (tertiary/aromatic N) is 3. The average molecular weight is 385 g/mol. The predicted octanol–water partition coefficient (Wildman–Crippen LogP) is 3.49. The molecular weight excluding hydrogens is 362 g/mol. The Morgan fingerprint density at radius 3 is 2.89 bits per heavy atom. The summed E-state index contributed by atoms with van der Waals surface area (Å²) in [6.07, 6.45) is 3.99. The number of hydrogen-bond acceptors (Lipinski definition) is 6. The molecule has 1 aliphatic carbocycles. The second kappa shape index (κ2) is 8.96. The molecule has 27 heavy (non-hydrogen) atoms. The van der Waals surface area contributed by atoms with Crippen LogP contribution in [-0.4, -0.2) is 42.0 Å². The molecule has 1 aromatic heterocycles. The lowest BCUT2D eigenvalue weighted by Gasteiger charge is -2.28. The third-order valence-electron chi connectivity index (χ3n) is 5.02. The monoisotopic (exact) mass is 385 g/mol. The molecule has 2 atom stereocenters. The smallest absolute Gasteiger partial charge is 0.310 e. The van der Waals surface area contributed by atoms with E-state index in [-0.39, 0.29) is 36.7 Å². The molecule has 3 rings (SSSR count). The molecule has 6 nitrogen and oxygen atoms in total. The van der Waals surface area contributed by atoms with Crippen LogP contribution in [0.5, 0.6) is 0 Å². The summed E-state index contributed by atoms with van der Waals surface area (Å²) in [5.74, 6) is -0.807. The first-order valence-corrected chi connectivity index (χ1v) is 10.0. The molecule has 2 unspecified atom stereocenters. The van der Waals surface area contributed by atoms with Crippen LogP contribution in [0.2, 0.25) is 0 Å². The SMILES string of the molecule is CN(CCC#N)C(=O)COC(=O)C1CCCCC1c1nc2ccccc2s1. The predicted molar refractivity (Wildman–Crippen MR) is 103 cm³/mol. The summed E-state index contributed by atoms with van der Waals surface area (Å²) in [5.41, 5.74) is 0.962. The zero-order valence-electron chi connectivity index (χ0n) is 15.4. The minimum Gasteiger partial charge on any atom is -0.455 e. The Labute approximate surface area is 162 Å². The summed E-state index contributed by atoms with van der Waals surface area (Å²) in [4.78, 5) is 30.9. The Morgan fingerprint density at radius 2 is 2.11 bits per heavy atom. The normalized spacial score (nSPS) is 19.4. The van der Waals surface area contributed by atoms with Gasteiger partial charge >= 0.3 is 5.97 Å². The highest BCUT2D eigenvalue weighted by Gasteiger charge is 2.35. The first-order chi connectivity index (χ1) is 13.1. The van der Waals surface area contributed by atoms with E-state index in [0.29, 0.717) is 6.54 Å². The highest BCUT2D eigenvalue weighted by atomic mass is 32.1. The number of likely N-dealkylation sites (N-methyl/N-ethyl adjacent to an activating group) is 1. The molecule has 0 bridgehead atoms. The van der Waals surface area contributed by atoms with Crippen LogP contribution in [0.1, 0.15) is 43.0 Å². The number of para-hydroxylation sites is 1. The van der Waals surface area contributed by atoms with E-state index in [1.807, 2.05) is 30.3 Å². The Bertz CT molecular complexity index is 825. The van der Waals surface area contributed by atoms with E-state index in [4.69, 9.17) is 15.0 Å². The maximum atomic E-state index is 12.7. The van der Waals surface area contributed by atoms with Gasteiger partial charge in [-0.1, -0.05) is 25.0 Å². The molecule has 1 fully saturated rings. The van der Waals surface area contributed by atoms with Gasteiger partial charge in [0.05, 0.1) is 33.6 Å². The number of fused-ring (bicyclic) bond motifs is 1. The van der Waals surface area contributed by atoms with Crippen LogP contribution in [0.4, 0.5) is 0 Å². The fourth-order valence-corrected chi connectivity index (χ4v) is 4.62. The van der Waals surface area contributed by atoms with Gasteiger partial charge in [0.25, 0.3) is 5.91 Å². The number of amides is 1. The van der Waals surface area contributed by atoms with Crippen molar-refractivity contribution in [1.29, 1.82) is 5.26 Å². The number of benzene rings is 1. The summed E-state index contributed by atoms with van der Waals surface area (Å²) in [5, 5.41) is 9.58. The lowest BCUT2D eigenvalue weighted by molar-refractivity contribution is -0.156. The van der Waals surface area contributed by atoms with E-state index < -0.39 is 0 Å². The van der Waals surface area contributed by atoms with Crippen LogP contribution in [-0.2, 0) is 14.3 Å². The standard InChI is InChI=1S/C20H23N3O3S/c1-23(12-6-11-21)18(24)13-26-20(25)15-8-3-2-7-14(15)19-22-16-9-4-5-10-17(16)27-19/h4-5,9-10,14-15H,2-3,6-8,12-13H2,1H3. The number of thiazole rings is 1. The van der Waals surface area contributed by atoms with Crippen LogP contribution < -0.4 is 0 Å². The second-order valence-corrected chi connectivity index (χ2v) is 7.91. The third kappa shape index (κ3) is 4.64. The van der Waals surface area contributed by atoms with E-state index in [0.717, 1.165) is 40.9 Å². The van der Waals surface area contributed by atoms with E-state index in [9.17, 15) is 9.59 Å². The quantitative estimate of drug-likeness (QED) is 0.711. The van der Waals surface area contributed by atoms with Gasteiger partial charge in [-0.05, 0) is 25.0 Å². The lowest BCUT2D eigenvalue weighted by atomic mass is 9.79. The van der Waals surface area contributed by atoms with Crippen LogP contribution in [0.3, 0.4) is 0 Å². The Morgan fingerprint density at radius 1 is 1.33 bits per heavy atom. The number of nitriles is 1. The van der Waals surface area contributed by atoms with Gasteiger partial charge in [0.1, 0.15) is 0 Å². The number of hydrogen-bond donors (Lipinski definition) is 0. The first-order valence-electron chi connectivity index (χ1n) is 9.23. The molecule has 1 aromatic carbocycles. The molecule has 0 N–H and O–H groups in total. The minimum absolute atomic E-state index is 0.0510. The molecule has 1 amide bonds. The molecule has 0 radical (unpaired) electrons. The summed E-state index contributed by atoms with van der Waals surface area (Å²) in [6, 6.07) is 9.99. The number of carbonyl (C=O) groups is 2. The van der Waals surface area contributed by atoms with Crippen molar-refractivity contribution in [3.05, 3.63) is 29.3 Å². The summed E-state index contributed by atoms with van der Waals surface area (Å²) < 4.78 is 6.46. The zero-order valence-corrected chi connectivity index (χ0v) is 16.2. The summed E-state index contributed by atoms with van der Waals surface area (Å²) in [6.45, 7) is 0.0640. The molecule has 1 saturated carbocycles. The van der Waals surface area contributed by atoms with Crippen LogP contribution in [0.25, 0.3) is 10.2 Å². The van der Waals surface area contributed by atoms with Crippen LogP contribution in [0, 0.1) is 17.2 Å². The van der Waals surface area contributed by atoms with E-state index >= 15 is 0 Å². The molecule has 0 aliphatic heterocycles. The average Bonchev–Trinajstić information content (AvgIpc) is 3.14. The third-order valence-corrected chi connectivity index (χ3v) is 6.19. The maximum absolute atomic E-state index is 12.7. The number of aromatic nitrogens is 1. The van der Waals surface area contributed by atoms with Gasteiger partial charge < -0.3 is 9.64 Å². The Kier molecular flexibility index (Phi) is 6.40. The molecule has 0 saturated heterocycles. The van der Waals surface area contributed by atoms with Gasteiger partial charge in [-0.25, -0.2) is 4.98 Å². The minimum atomic E-state index is -0.319. The van der Waals surface area contributed by atoms with Crippen molar-refractivity contribution in [2.24, 2.45) is 5.92 Å². The van der Waals surface area contributed by atoms with Gasteiger partial charge in [0.2, 0.25) is 0 Å². The van der Waals surface area contributed by atoms with Crippen molar-refractivity contribution in [2.75, 3.05) is 20.2 Å². The molecule has 0 spiro atoms. The van der Waals surface area contributed by atoms with Gasteiger partial charge in [-0.2, -0.15) is 5.26 Å². The Balaban J connectivity index is 1.65. The van der Waals surface area contributed by atoms with E-state index in [1.165, 1.54) is 4.90 Å². The second-order valence-electron chi connectivity index (χ2n) is 6.85. The molecule has 142 valence electrons. The van der Waals surface area contributed by atoms with Crippen molar-refractivity contribution in [3.8, 4) is 6.07 Å². The summed E-state index contributed by atoms with van der Waals surface area (Å²) >= 11 is 1.64. The van der Waals surface area contributed by atoms with E-state index in [1.54, 1.807) is 18.4 Å². The fraction of sp³-hybridized carbons (Fsp3) is 0.500. The number of carbonyl (C=O) groups excluding carboxylic acids is 2. The van der Waals surface area contributed by atoms with Crippen molar-refractivity contribution < 1.29 is 14.3 Å². The van der Waals surface area contributed by atoms with Crippen LogP contribution >= 0.6 is 11.3 Å². The van der Waals surface area contributed by atoms with Gasteiger partial charge in [-0.15, -0.1) is 11.3 Å². The lowest BCUT2D eigenvalue weighted by Crippen LogP contribution is -2.34. The van der Waals surface area contributed by atoms with Crippen molar-refractivity contribution in [3.63, 3.8) is 0 Å². The van der Waals surface area contributed by atoms with Crippen molar-refractivity contribution >= 4 is 33.4 Å². The van der Waals surface area contributed by atoms with E-state index in [2.05, 4.69) is 0 Å². The number of ether oxygens (including phenoxy) is 1. The van der Waals surface area contributed by atoms with Gasteiger partial charge in [-0.3, -0.25) is 9.59 Å². The maximum Gasteiger partial charge on any atom is 0.310 e. The molecule has 1 heterocycles. The zero-order chi connectivity index (χ0) is 19.2. The van der Waals surface area contributed by atoms with Crippen molar-refractivity contribution in [2.45, 2.75) is 38.0 Å². The first kappa shape index (κ1) is 19.3. The van der Waals surface area contributed by atoms with Crippen molar-refractivity contribution in [1.82, 2.24) is 9.88 Å². The molecular formula is C20H23N3O3S. The topological polar surface area (TPSA) is 83.3 Å². The Hall–Kier alpha value is -2.46. The van der Waals surface area contributed by atoms with Gasteiger partial charge in [0.15, 0.2) is 6.61 Å². The van der Waals surface area contributed by atoms with Crippen LogP contribution in [0.15, 0.2) is 24.3 Å². The summed E-state index contributed by atoms with van der Waals surface area (Å²) in [7, 11) is 1.61. The molecule has 7 heteroatoms. The molecule has 2 aromatic rings. The largest absolute Gasteiger partial charge is 0.455 e. The molecule has 1 aliphatic rings. The fourth-order valence-electron chi connectivity index (χ4n) is 3.45. The highest BCUT2D eigenvalue weighted by molar-refractivity contribution is 7.18. The highest BCUT2D eigenvalue weighted by Crippen LogP contribution is 2.41. The number of rotatable bonds is 6. The number of esters is 1.